The Kier molecular flexibility index (Phi) is 8.74. The zero-order chi connectivity index (χ0) is 32.7. The quantitative estimate of drug-likeness (QED) is 0.340. The first-order chi connectivity index (χ1) is 21.0. The monoisotopic (exact) mass is 660 g/mol. The lowest BCUT2D eigenvalue weighted by molar-refractivity contribution is -0.143. The molecule has 0 spiro atoms. The molecule has 0 unspecified atom stereocenters. The van der Waals surface area contributed by atoms with E-state index in [9.17, 15) is 43.9 Å². The molecule has 1 amide bonds. The smallest absolute Gasteiger partial charge is 0.416 e. The number of hydrogen-bond donors (Lipinski definition) is 0. The molecule has 5 rings (SSSR count). The molecule has 3 aromatic rings. The largest absolute Gasteiger partial charge is 0.477 e. The Bertz CT molecular complexity index is 1660. The second-order valence-electron chi connectivity index (χ2n) is 10.7. The maximum atomic E-state index is 14.1. The van der Waals surface area contributed by atoms with Gasteiger partial charge in [-0.2, -0.15) is 35.6 Å². The van der Waals surface area contributed by atoms with Gasteiger partial charge in [0.25, 0.3) is 5.91 Å². The van der Waals surface area contributed by atoms with Crippen LogP contribution in [0, 0.1) is 5.82 Å². The number of ether oxygens (including phenoxy) is 1. The van der Waals surface area contributed by atoms with Crippen molar-refractivity contribution < 1.29 is 48.7 Å². The maximum Gasteiger partial charge on any atom is 0.416 e. The third-order valence-corrected chi connectivity index (χ3v) is 8.80. The fraction of sp³-hybridized carbons (Fsp3) is 0.379. The maximum absolute atomic E-state index is 14.1. The molecule has 1 fully saturated rings. The fourth-order valence-corrected chi connectivity index (χ4v) is 6.08. The predicted molar refractivity (Wildman–Crippen MR) is 150 cm³/mol. The first-order valence-corrected chi connectivity index (χ1v) is 15.6. The number of carbonyl (C=O) groups excluding carboxylic acids is 1. The average Bonchev–Trinajstić information content (AvgIpc) is 2.96. The number of piperazine rings is 1. The molecule has 1 saturated heterocycles. The van der Waals surface area contributed by atoms with Gasteiger partial charge in [-0.15, -0.1) is 0 Å². The normalized spacial score (nSPS) is 17.0. The van der Waals surface area contributed by atoms with Crippen molar-refractivity contribution in [3.8, 4) is 17.0 Å². The van der Waals surface area contributed by atoms with Crippen molar-refractivity contribution >= 4 is 21.7 Å². The highest BCUT2D eigenvalue weighted by Gasteiger charge is 2.38. The van der Waals surface area contributed by atoms with Crippen LogP contribution in [0.25, 0.3) is 11.1 Å². The number of rotatable bonds is 5. The predicted octanol–water partition coefficient (Wildman–Crippen LogP) is 5.43. The Morgan fingerprint density at radius 1 is 0.867 bits per heavy atom. The second-order valence-corrected chi connectivity index (χ2v) is 12.7. The molecule has 0 atom stereocenters. The van der Waals surface area contributed by atoms with E-state index in [-0.39, 0.29) is 74.4 Å². The molecule has 0 saturated carbocycles. The highest BCUT2D eigenvalue weighted by atomic mass is 32.2. The molecular weight excluding hydrogens is 633 g/mol. The van der Waals surface area contributed by atoms with E-state index in [1.807, 2.05) is 0 Å². The summed E-state index contributed by atoms with van der Waals surface area (Å²) < 4.78 is 126. The number of benzene rings is 2. The van der Waals surface area contributed by atoms with Crippen molar-refractivity contribution in [1.82, 2.24) is 14.2 Å². The molecule has 242 valence electrons. The van der Waals surface area contributed by atoms with Gasteiger partial charge in [-0.05, 0) is 53.9 Å². The number of fused-ring (bicyclic) bond motifs is 1. The molecule has 2 aliphatic heterocycles. The van der Waals surface area contributed by atoms with Crippen LogP contribution in [0.3, 0.4) is 0 Å². The second kappa shape index (κ2) is 12.1. The summed E-state index contributed by atoms with van der Waals surface area (Å²) in [6.45, 7) is 0.283. The summed E-state index contributed by atoms with van der Waals surface area (Å²) in [6, 6.07) is 7.89. The Labute approximate surface area is 254 Å². The Balaban J connectivity index is 1.56. The van der Waals surface area contributed by atoms with Gasteiger partial charge in [-0.3, -0.25) is 4.79 Å². The van der Waals surface area contributed by atoms with Crippen LogP contribution in [0.5, 0.6) is 5.88 Å². The fourth-order valence-electron chi connectivity index (χ4n) is 5.25. The van der Waals surface area contributed by atoms with Crippen LogP contribution >= 0.6 is 0 Å². The lowest BCUT2D eigenvalue weighted by atomic mass is 9.98. The van der Waals surface area contributed by atoms with E-state index in [4.69, 9.17) is 4.74 Å². The van der Waals surface area contributed by atoms with E-state index in [1.54, 1.807) is 11.0 Å². The van der Waals surface area contributed by atoms with Crippen molar-refractivity contribution in [3.05, 3.63) is 76.6 Å². The van der Waals surface area contributed by atoms with Crippen LogP contribution in [0.4, 0.5) is 36.6 Å². The van der Waals surface area contributed by atoms with Crippen LogP contribution in [0.15, 0.2) is 48.5 Å². The van der Waals surface area contributed by atoms with Gasteiger partial charge in [0.1, 0.15) is 17.2 Å². The Hall–Kier alpha value is -3.92. The summed E-state index contributed by atoms with van der Waals surface area (Å²) in [4.78, 5) is 21.5. The molecule has 0 radical (unpaired) electrons. The summed E-state index contributed by atoms with van der Waals surface area (Å²) in [6.07, 6.45) is -8.81. The average molecular weight is 661 g/mol. The van der Waals surface area contributed by atoms with Crippen molar-refractivity contribution in [2.75, 3.05) is 50.5 Å². The lowest BCUT2D eigenvalue weighted by Crippen LogP contribution is -2.48. The lowest BCUT2D eigenvalue weighted by Gasteiger charge is -2.35. The number of pyridine rings is 1. The van der Waals surface area contributed by atoms with Gasteiger partial charge in [-0.25, -0.2) is 12.8 Å². The molecule has 3 heterocycles. The molecule has 2 aliphatic rings. The zero-order valence-corrected chi connectivity index (χ0v) is 24.6. The number of anilines is 1. The van der Waals surface area contributed by atoms with E-state index in [2.05, 4.69) is 4.98 Å². The number of halogens is 7. The SMILES string of the molecule is CS(=O)(=O)N1CCN(c2cc(-c3ccc(F)cc3)c3c(n2)OCCCN(Cc2cc(C(F)(F)F)cc(C(F)(F)F)c2)C3=O)CC1. The van der Waals surface area contributed by atoms with Crippen LogP contribution in [0.1, 0.15) is 33.5 Å². The topological polar surface area (TPSA) is 83.1 Å². The summed E-state index contributed by atoms with van der Waals surface area (Å²) in [5.74, 6) is -1.08. The van der Waals surface area contributed by atoms with Gasteiger partial charge in [-0.1, -0.05) is 12.1 Å². The third kappa shape index (κ3) is 7.32. The van der Waals surface area contributed by atoms with Gasteiger partial charge in [0.15, 0.2) is 0 Å². The van der Waals surface area contributed by atoms with Gasteiger partial charge < -0.3 is 14.5 Å². The number of amides is 1. The molecule has 2 aromatic carbocycles. The van der Waals surface area contributed by atoms with Gasteiger partial charge in [0.05, 0.1) is 24.0 Å². The minimum Gasteiger partial charge on any atom is -0.477 e. The Morgan fingerprint density at radius 3 is 2.02 bits per heavy atom. The summed E-state index contributed by atoms with van der Waals surface area (Å²) in [5.41, 5.74) is -2.83. The van der Waals surface area contributed by atoms with Crippen LogP contribution in [-0.4, -0.2) is 74.1 Å². The summed E-state index contributed by atoms with van der Waals surface area (Å²) >= 11 is 0. The molecule has 16 heteroatoms. The number of aromatic nitrogens is 1. The van der Waals surface area contributed by atoms with Gasteiger partial charge in [0.2, 0.25) is 15.9 Å². The van der Waals surface area contributed by atoms with Crippen molar-refractivity contribution in [2.45, 2.75) is 25.3 Å². The number of nitrogens with zero attached hydrogens (tertiary/aromatic N) is 4. The summed E-state index contributed by atoms with van der Waals surface area (Å²) in [7, 11) is -3.42. The van der Waals surface area contributed by atoms with Crippen LogP contribution in [-0.2, 0) is 28.9 Å². The zero-order valence-electron chi connectivity index (χ0n) is 23.8. The van der Waals surface area contributed by atoms with E-state index in [0.29, 0.717) is 23.5 Å². The molecule has 0 N–H and O–H groups in total. The highest BCUT2D eigenvalue weighted by molar-refractivity contribution is 7.88. The van der Waals surface area contributed by atoms with Crippen molar-refractivity contribution in [2.24, 2.45) is 0 Å². The first kappa shape index (κ1) is 32.5. The number of alkyl halides is 6. The molecule has 8 nitrogen and oxygen atoms in total. The summed E-state index contributed by atoms with van der Waals surface area (Å²) in [5, 5.41) is 0. The number of sulfonamides is 1. The van der Waals surface area contributed by atoms with Crippen molar-refractivity contribution in [1.29, 1.82) is 0 Å². The van der Waals surface area contributed by atoms with Crippen molar-refractivity contribution in [3.63, 3.8) is 0 Å². The Morgan fingerprint density at radius 2 is 1.47 bits per heavy atom. The van der Waals surface area contributed by atoms with E-state index >= 15 is 0 Å². The molecule has 1 aromatic heterocycles. The molecule has 45 heavy (non-hydrogen) atoms. The van der Waals surface area contributed by atoms with Gasteiger partial charge in [0, 0.05) is 44.8 Å². The highest BCUT2D eigenvalue weighted by Crippen LogP contribution is 2.38. The molecule has 0 aliphatic carbocycles. The molecule has 0 bridgehead atoms. The van der Waals surface area contributed by atoms with E-state index in [1.165, 1.54) is 28.6 Å². The third-order valence-electron chi connectivity index (χ3n) is 7.49. The number of carbonyl (C=O) groups is 1. The van der Waals surface area contributed by atoms with E-state index < -0.39 is 51.8 Å². The minimum absolute atomic E-state index is 0.0222. The van der Waals surface area contributed by atoms with Crippen LogP contribution < -0.4 is 9.64 Å². The van der Waals surface area contributed by atoms with Crippen LogP contribution in [0.2, 0.25) is 0 Å². The van der Waals surface area contributed by atoms with Gasteiger partial charge >= 0.3 is 12.4 Å². The molecular formula is C29H27F7N4O4S. The first-order valence-electron chi connectivity index (χ1n) is 13.7. The van der Waals surface area contributed by atoms with E-state index in [0.717, 1.165) is 11.2 Å². The number of hydrogen-bond acceptors (Lipinski definition) is 6. The minimum atomic E-state index is -5.06. The standard InChI is InChI=1S/C29H27F7N4O4S/c1-45(42,43)40-10-8-38(9-11-40)24-16-23(19-3-5-22(30)6-4-19)25-26(37-24)44-12-2-7-39(27(25)41)17-18-13-20(28(31,32)33)15-21(14-18)29(34,35)36/h3-6,13-16H,2,7-12,17H2,1H3.